The number of rotatable bonds is 4. The summed E-state index contributed by atoms with van der Waals surface area (Å²) in [6, 6.07) is 20.2. The van der Waals surface area contributed by atoms with Gasteiger partial charge in [0.2, 0.25) is 0 Å². The molecule has 2 heterocycles. The quantitative estimate of drug-likeness (QED) is 0.792. The van der Waals surface area contributed by atoms with Gasteiger partial charge >= 0.3 is 0 Å². The fourth-order valence-corrected chi connectivity index (χ4v) is 3.77. The summed E-state index contributed by atoms with van der Waals surface area (Å²) in [5.74, 6) is 0. The van der Waals surface area contributed by atoms with Gasteiger partial charge in [0.1, 0.15) is 12.2 Å². The van der Waals surface area contributed by atoms with Crippen molar-refractivity contribution < 1.29 is 18.9 Å². The zero-order chi connectivity index (χ0) is 17.9. The molecule has 0 aromatic heterocycles. The van der Waals surface area contributed by atoms with E-state index in [1.165, 1.54) is 0 Å². The zero-order valence-electron chi connectivity index (χ0n) is 15.3. The number of hydrogen-bond acceptors (Lipinski definition) is 4. The largest absolute Gasteiger partial charge is 0.342 e. The highest BCUT2D eigenvalue weighted by atomic mass is 16.8. The van der Waals surface area contributed by atoms with Crippen molar-refractivity contribution in [1.82, 2.24) is 0 Å². The summed E-state index contributed by atoms with van der Waals surface area (Å²) in [5, 5.41) is 0. The lowest BCUT2D eigenvalue weighted by molar-refractivity contribution is -0.382. The fraction of sp³-hybridized carbons (Fsp3) is 0.455. The number of benzene rings is 2. The van der Waals surface area contributed by atoms with E-state index in [0.29, 0.717) is 0 Å². The van der Waals surface area contributed by atoms with Gasteiger partial charge in [-0.3, -0.25) is 0 Å². The molecule has 138 valence electrons. The Morgan fingerprint density at radius 2 is 0.962 bits per heavy atom. The van der Waals surface area contributed by atoms with Crippen LogP contribution < -0.4 is 0 Å². The molecular weight excluding hydrogens is 328 g/mol. The lowest BCUT2D eigenvalue weighted by atomic mass is 9.95. The summed E-state index contributed by atoms with van der Waals surface area (Å²) in [5.41, 5.74) is 2.06. The normalized spacial score (nSPS) is 34.2. The van der Waals surface area contributed by atoms with Crippen molar-refractivity contribution in [3.63, 3.8) is 0 Å². The third kappa shape index (κ3) is 3.42. The van der Waals surface area contributed by atoms with Gasteiger partial charge in [-0.1, -0.05) is 74.5 Å². The van der Waals surface area contributed by atoms with E-state index in [2.05, 4.69) is 13.8 Å². The fourth-order valence-electron chi connectivity index (χ4n) is 3.77. The average molecular weight is 354 g/mol. The van der Waals surface area contributed by atoms with Gasteiger partial charge in [-0.25, -0.2) is 0 Å². The second kappa shape index (κ2) is 7.89. The minimum atomic E-state index is -0.378. The molecule has 4 heteroatoms. The Kier molecular flexibility index (Phi) is 5.36. The van der Waals surface area contributed by atoms with E-state index in [1.807, 2.05) is 60.7 Å². The second-order valence-electron chi connectivity index (χ2n) is 6.85. The molecule has 2 fully saturated rings. The second-order valence-corrected chi connectivity index (χ2v) is 6.85. The molecular formula is C22H26O4. The topological polar surface area (TPSA) is 36.9 Å². The Morgan fingerprint density at radius 1 is 0.577 bits per heavy atom. The molecule has 5 unspecified atom stereocenters. The van der Waals surface area contributed by atoms with Gasteiger partial charge in [0.15, 0.2) is 12.6 Å². The summed E-state index contributed by atoms with van der Waals surface area (Å²) >= 11 is 0. The van der Waals surface area contributed by atoms with Crippen LogP contribution in [0.3, 0.4) is 0 Å². The molecule has 2 aromatic rings. The molecule has 0 amide bonds. The summed E-state index contributed by atoms with van der Waals surface area (Å²) in [4.78, 5) is 0. The van der Waals surface area contributed by atoms with Crippen LogP contribution in [0.5, 0.6) is 0 Å². The monoisotopic (exact) mass is 354 g/mol. The average Bonchev–Trinajstić information content (AvgIpc) is 2.73. The van der Waals surface area contributed by atoms with E-state index in [0.717, 1.165) is 24.0 Å². The maximum absolute atomic E-state index is 6.32. The first-order chi connectivity index (χ1) is 12.8. The summed E-state index contributed by atoms with van der Waals surface area (Å²) in [7, 11) is 0. The predicted octanol–water partition coefficient (Wildman–Crippen LogP) is 4.77. The van der Waals surface area contributed by atoms with E-state index in [9.17, 15) is 0 Å². The minimum absolute atomic E-state index is 0.0249. The standard InChI is InChI=1S/C22H26O4/c1-3-17-19-20(26-21(23-17)15-11-7-5-8-12-15)18(4-2)24-22(25-19)16-13-9-6-10-14-16/h5-14,17-22H,3-4H2,1-2H3/t17-,18?,19?,20?,21?,22?/m0/s1. The van der Waals surface area contributed by atoms with Gasteiger partial charge < -0.3 is 18.9 Å². The van der Waals surface area contributed by atoms with Crippen LogP contribution in [0, 0.1) is 0 Å². The van der Waals surface area contributed by atoms with E-state index in [-0.39, 0.29) is 37.0 Å². The molecule has 0 aliphatic carbocycles. The van der Waals surface area contributed by atoms with Crippen molar-refractivity contribution in [3.8, 4) is 0 Å². The molecule has 2 saturated heterocycles. The highest BCUT2D eigenvalue weighted by molar-refractivity contribution is 5.18. The van der Waals surface area contributed by atoms with E-state index in [4.69, 9.17) is 18.9 Å². The van der Waals surface area contributed by atoms with E-state index >= 15 is 0 Å². The van der Waals surface area contributed by atoms with Crippen molar-refractivity contribution in [1.29, 1.82) is 0 Å². The number of fused-ring (bicyclic) bond motifs is 1. The zero-order valence-corrected chi connectivity index (χ0v) is 15.3. The van der Waals surface area contributed by atoms with Gasteiger partial charge in [-0.05, 0) is 12.8 Å². The first kappa shape index (κ1) is 17.7. The van der Waals surface area contributed by atoms with Crippen molar-refractivity contribution in [2.75, 3.05) is 0 Å². The summed E-state index contributed by atoms with van der Waals surface area (Å²) in [6.45, 7) is 4.26. The highest BCUT2D eigenvalue weighted by Gasteiger charge is 2.48. The lowest BCUT2D eigenvalue weighted by Crippen LogP contribution is -2.57. The maximum atomic E-state index is 6.32. The van der Waals surface area contributed by atoms with Crippen LogP contribution in [-0.2, 0) is 18.9 Å². The van der Waals surface area contributed by atoms with Crippen molar-refractivity contribution in [2.45, 2.75) is 63.7 Å². The molecule has 4 nitrogen and oxygen atoms in total. The molecule has 2 aliphatic rings. The van der Waals surface area contributed by atoms with Gasteiger partial charge in [-0.15, -0.1) is 0 Å². The Hall–Kier alpha value is -1.72. The first-order valence-electron chi connectivity index (χ1n) is 9.52. The SMILES string of the molecule is CCC1OC(c2ccccc2)OC2C1OC(c1ccccc1)O[C@H]2CC. The van der Waals surface area contributed by atoms with Crippen molar-refractivity contribution in [2.24, 2.45) is 0 Å². The maximum Gasteiger partial charge on any atom is 0.184 e. The Balaban J connectivity index is 1.59. The van der Waals surface area contributed by atoms with Crippen LogP contribution in [-0.4, -0.2) is 24.4 Å². The molecule has 0 radical (unpaired) electrons. The van der Waals surface area contributed by atoms with Crippen LogP contribution in [0.4, 0.5) is 0 Å². The Morgan fingerprint density at radius 3 is 1.31 bits per heavy atom. The molecule has 2 aromatic carbocycles. The predicted molar refractivity (Wildman–Crippen MR) is 98.4 cm³/mol. The molecule has 4 rings (SSSR count). The third-order valence-corrected chi connectivity index (χ3v) is 5.16. The van der Waals surface area contributed by atoms with Gasteiger partial charge in [0.25, 0.3) is 0 Å². The van der Waals surface area contributed by atoms with Gasteiger partial charge in [0, 0.05) is 11.1 Å². The van der Waals surface area contributed by atoms with Gasteiger partial charge in [-0.2, -0.15) is 0 Å². The minimum Gasteiger partial charge on any atom is -0.342 e. The van der Waals surface area contributed by atoms with Crippen molar-refractivity contribution in [3.05, 3.63) is 71.8 Å². The molecule has 6 atom stereocenters. The third-order valence-electron chi connectivity index (χ3n) is 5.16. The van der Waals surface area contributed by atoms with E-state index < -0.39 is 0 Å². The molecule has 2 aliphatic heterocycles. The van der Waals surface area contributed by atoms with Crippen LogP contribution in [0.25, 0.3) is 0 Å². The lowest BCUT2D eigenvalue weighted by Gasteiger charge is -2.49. The first-order valence-corrected chi connectivity index (χ1v) is 9.52. The Labute approximate surface area is 155 Å². The number of hydrogen-bond donors (Lipinski definition) is 0. The molecule has 0 spiro atoms. The molecule has 0 N–H and O–H groups in total. The summed E-state index contributed by atoms with van der Waals surface area (Å²) < 4.78 is 25.2. The highest BCUT2D eigenvalue weighted by Crippen LogP contribution is 2.41. The van der Waals surface area contributed by atoms with Gasteiger partial charge in [0.05, 0.1) is 12.2 Å². The molecule has 0 bridgehead atoms. The Bertz CT molecular complexity index is 628. The smallest absolute Gasteiger partial charge is 0.184 e. The molecule has 26 heavy (non-hydrogen) atoms. The van der Waals surface area contributed by atoms with Crippen LogP contribution in [0.2, 0.25) is 0 Å². The molecule has 0 saturated carbocycles. The van der Waals surface area contributed by atoms with E-state index in [1.54, 1.807) is 0 Å². The van der Waals surface area contributed by atoms with Crippen LogP contribution in [0.1, 0.15) is 50.4 Å². The summed E-state index contributed by atoms with van der Waals surface area (Å²) in [6.07, 6.45) is 0.658. The van der Waals surface area contributed by atoms with Crippen LogP contribution >= 0.6 is 0 Å². The number of ether oxygens (including phenoxy) is 4. The van der Waals surface area contributed by atoms with Crippen molar-refractivity contribution >= 4 is 0 Å². The van der Waals surface area contributed by atoms with Crippen LogP contribution in [0.15, 0.2) is 60.7 Å².